The van der Waals surface area contributed by atoms with E-state index >= 15 is 0 Å². The minimum absolute atomic E-state index is 0.0931. The highest BCUT2D eigenvalue weighted by Crippen LogP contribution is 2.21. The van der Waals surface area contributed by atoms with Crippen LogP contribution >= 0.6 is 0 Å². The molecule has 0 saturated carbocycles. The lowest BCUT2D eigenvalue weighted by Gasteiger charge is -2.39. The fourth-order valence-electron chi connectivity index (χ4n) is 3.58. The van der Waals surface area contributed by atoms with Crippen molar-refractivity contribution in [3.8, 4) is 0 Å². The quantitative estimate of drug-likeness (QED) is 0.642. The molecule has 2 amide bonds. The highest BCUT2D eigenvalue weighted by atomic mass is 16.6. The summed E-state index contributed by atoms with van der Waals surface area (Å²) in [6.45, 7) is 6.62. The monoisotopic (exact) mass is 439 g/mol. The van der Waals surface area contributed by atoms with Gasteiger partial charge in [-0.25, -0.2) is 4.79 Å². The van der Waals surface area contributed by atoms with E-state index in [1.807, 2.05) is 81.4 Å². The second-order valence-corrected chi connectivity index (χ2v) is 9.02. The highest BCUT2D eigenvalue weighted by molar-refractivity contribution is 5.86. The highest BCUT2D eigenvalue weighted by Gasteiger charge is 2.38. The number of amides is 2. The van der Waals surface area contributed by atoms with E-state index in [-0.39, 0.29) is 11.9 Å². The van der Waals surface area contributed by atoms with Crippen molar-refractivity contribution in [2.45, 2.75) is 64.4 Å². The summed E-state index contributed by atoms with van der Waals surface area (Å²) in [5.41, 5.74) is 4.47. The Balaban J connectivity index is 1.60. The van der Waals surface area contributed by atoms with Gasteiger partial charge in [-0.1, -0.05) is 60.7 Å². The molecule has 1 aliphatic rings. The Morgan fingerprint density at radius 2 is 1.59 bits per heavy atom. The molecule has 3 rings (SSSR count). The van der Waals surface area contributed by atoms with Crippen molar-refractivity contribution < 1.29 is 19.2 Å². The fraction of sp³-hybridized carbons (Fsp3) is 0.440. The summed E-state index contributed by atoms with van der Waals surface area (Å²) in [7, 11) is 0. The van der Waals surface area contributed by atoms with Gasteiger partial charge in [-0.05, 0) is 44.7 Å². The second kappa shape index (κ2) is 11.1. The van der Waals surface area contributed by atoms with Crippen LogP contribution in [-0.4, -0.2) is 41.1 Å². The molecule has 0 unspecified atom stereocenters. The first-order chi connectivity index (χ1) is 15.3. The molecule has 2 N–H and O–H groups in total. The first-order valence-corrected chi connectivity index (χ1v) is 11.0. The van der Waals surface area contributed by atoms with Gasteiger partial charge in [-0.2, -0.15) is 5.48 Å². The largest absolute Gasteiger partial charge is 0.444 e. The number of ether oxygens (including phenoxy) is 1. The number of rotatable bonds is 7. The molecule has 0 radical (unpaired) electrons. The number of hydrogen-bond donors (Lipinski definition) is 2. The van der Waals surface area contributed by atoms with Crippen LogP contribution in [0.5, 0.6) is 0 Å². The topological polar surface area (TPSA) is 79.9 Å². The van der Waals surface area contributed by atoms with Crippen LogP contribution in [0.15, 0.2) is 60.7 Å². The number of nitrogens with one attached hydrogen (secondary N) is 2. The Morgan fingerprint density at radius 3 is 2.22 bits per heavy atom. The molecule has 0 aliphatic carbocycles. The standard InChI is InChI=1S/C25H33N3O4/c1-25(2,3)32-24(30)28-17-21(27-31-18-20-12-8-5-9-13-20)14-15-22(28)23(29)26-16-19-10-6-4-7-11-19/h4-13,21-22,27H,14-18H2,1-3H3,(H,26,29)/t21-,22+/m1/s1. The molecule has 2 aromatic rings. The first-order valence-electron chi connectivity index (χ1n) is 11.0. The fourth-order valence-corrected chi connectivity index (χ4v) is 3.58. The maximum absolute atomic E-state index is 12.9. The van der Waals surface area contributed by atoms with Crippen LogP contribution in [0.2, 0.25) is 0 Å². The summed E-state index contributed by atoms with van der Waals surface area (Å²) < 4.78 is 5.58. The molecule has 1 aliphatic heterocycles. The lowest BCUT2D eigenvalue weighted by atomic mass is 9.98. The number of carbonyl (C=O) groups is 2. The maximum atomic E-state index is 12.9. The van der Waals surface area contributed by atoms with E-state index in [4.69, 9.17) is 9.57 Å². The zero-order valence-electron chi connectivity index (χ0n) is 19.0. The molecule has 2 atom stereocenters. The zero-order chi connectivity index (χ0) is 23.0. The minimum Gasteiger partial charge on any atom is -0.444 e. The van der Waals surface area contributed by atoms with Crippen LogP contribution in [0.25, 0.3) is 0 Å². The Hall–Kier alpha value is -2.90. The lowest BCUT2D eigenvalue weighted by molar-refractivity contribution is -0.129. The molecule has 0 bridgehead atoms. The van der Waals surface area contributed by atoms with E-state index in [9.17, 15) is 9.59 Å². The van der Waals surface area contributed by atoms with Crippen molar-refractivity contribution in [2.75, 3.05) is 6.54 Å². The van der Waals surface area contributed by atoms with E-state index < -0.39 is 17.7 Å². The number of hydroxylamine groups is 1. The molecule has 2 aromatic carbocycles. The van der Waals surface area contributed by atoms with Gasteiger partial charge in [0.1, 0.15) is 11.6 Å². The molecule has 0 aromatic heterocycles. The van der Waals surface area contributed by atoms with Gasteiger partial charge >= 0.3 is 6.09 Å². The van der Waals surface area contributed by atoms with Crippen LogP contribution in [0, 0.1) is 0 Å². The third-order valence-corrected chi connectivity index (χ3v) is 5.15. The average molecular weight is 440 g/mol. The molecule has 32 heavy (non-hydrogen) atoms. The number of nitrogens with zero attached hydrogens (tertiary/aromatic N) is 1. The second-order valence-electron chi connectivity index (χ2n) is 9.02. The van der Waals surface area contributed by atoms with Crippen molar-refractivity contribution in [2.24, 2.45) is 0 Å². The summed E-state index contributed by atoms with van der Waals surface area (Å²) in [6.07, 6.45) is 0.732. The maximum Gasteiger partial charge on any atom is 0.411 e. The van der Waals surface area contributed by atoms with Crippen molar-refractivity contribution in [1.82, 2.24) is 15.7 Å². The van der Waals surface area contributed by atoms with E-state index in [1.54, 1.807) is 0 Å². The lowest BCUT2D eigenvalue weighted by Crippen LogP contribution is -2.58. The molecular weight excluding hydrogens is 406 g/mol. The molecular formula is C25H33N3O4. The molecule has 1 fully saturated rings. The number of piperidine rings is 1. The molecule has 7 nitrogen and oxygen atoms in total. The molecule has 1 heterocycles. The SMILES string of the molecule is CC(C)(C)OC(=O)N1C[C@H](NOCc2ccccc2)CC[C@H]1C(=O)NCc1ccccc1. The van der Waals surface area contributed by atoms with Gasteiger partial charge < -0.3 is 10.1 Å². The van der Waals surface area contributed by atoms with Crippen molar-refractivity contribution in [3.63, 3.8) is 0 Å². The predicted octanol–water partition coefficient (Wildman–Crippen LogP) is 3.79. The Bertz CT molecular complexity index is 868. The summed E-state index contributed by atoms with van der Waals surface area (Å²) in [4.78, 5) is 33.0. The van der Waals surface area contributed by atoms with Crippen LogP contribution in [-0.2, 0) is 27.5 Å². The molecule has 0 spiro atoms. The van der Waals surface area contributed by atoms with Gasteiger partial charge in [0.05, 0.1) is 12.6 Å². The zero-order valence-corrected chi connectivity index (χ0v) is 19.0. The van der Waals surface area contributed by atoms with E-state index in [0.717, 1.165) is 11.1 Å². The van der Waals surface area contributed by atoms with Crippen LogP contribution in [0.1, 0.15) is 44.7 Å². The number of likely N-dealkylation sites (tertiary alicyclic amines) is 1. The third kappa shape index (κ3) is 7.35. The van der Waals surface area contributed by atoms with Crippen LogP contribution in [0.3, 0.4) is 0 Å². The van der Waals surface area contributed by atoms with Gasteiger partial charge in [0, 0.05) is 13.1 Å². The molecule has 1 saturated heterocycles. The van der Waals surface area contributed by atoms with E-state index in [0.29, 0.717) is 32.5 Å². The van der Waals surface area contributed by atoms with Gasteiger partial charge in [0.2, 0.25) is 5.91 Å². The van der Waals surface area contributed by atoms with Crippen LogP contribution < -0.4 is 10.8 Å². The van der Waals surface area contributed by atoms with Gasteiger partial charge in [-0.15, -0.1) is 0 Å². The Morgan fingerprint density at radius 1 is 0.969 bits per heavy atom. The van der Waals surface area contributed by atoms with E-state index in [1.165, 1.54) is 4.90 Å². The first kappa shape index (κ1) is 23.8. The van der Waals surface area contributed by atoms with Crippen molar-refractivity contribution in [1.29, 1.82) is 0 Å². The summed E-state index contributed by atoms with van der Waals surface area (Å²) in [5.74, 6) is -0.177. The minimum atomic E-state index is -0.646. The third-order valence-electron chi connectivity index (χ3n) is 5.15. The summed E-state index contributed by atoms with van der Waals surface area (Å²) in [6, 6.07) is 18.9. The van der Waals surface area contributed by atoms with Gasteiger partial charge in [0.15, 0.2) is 0 Å². The molecule has 172 valence electrons. The number of benzene rings is 2. The number of carbonyl (C=O) groups excluding carboxylic acids is 2. The molecule has 7 heteroatoms. The average Bonchev–Trinajstić information content (AvgIpc) is 2.78. The van der Waals surface area contributed by atoms with Crippen LogP contribution in [0.4, 0.5) is 4.79 Å². The smallest absolute Gasteiger partial charge is 0.411 e. The van der Waals surface area contributed by atoms with E-state index in [2.05, 4.69) is 10.8 Å². The Labute approximate surface area is 190 Å². The number of hydrogen-bond acceptors (Lipinski definition) is 5. The van der Waals surface area contributed by atoms with Crippen molar-refractivity contribution >= 4 is 12.0 Å². The van der Waals surface area contributed by atoms with Gasteiger partial charge in [-0.3, -0.25) is 14.5 Å². The Kier molecular flexibility index (Phi) is 8.25. The van der Waals surface area contributed by atoms with Crippen molar-refractivity contribution in [3.05, 3.63) is 71.8 Å². The normalized spacial score (nSPS) is 18.8. The summed E-state index contributed by atoms with van der Waals surface area (Å²) >= 11 is 0. The predicted molar refractivity (Wildman–Crippen MR) is 122 cm³/mol. The summed E-state index contributed by atoms with van der Waals surface area (Å²) in [5, 5.41) is 2.96. The van der Waals surface area contributed by atoms with Gasteiger partial charge in [0.25, 0.3) is 0 Å².